The largest absolute Gasteiger partial charge is 0.324 e. The lowest BCUT2D eigenvalue weighted by Crippen LogP contribution is -2.21. The van der Waals surface area contributed by atoms with E-state index in [0.717, 1.165) is 5.56 Å². The van der Waals surface area contributed by atoms with Crippen LogP contribution in [0.5, 0.6) is 0 Å². The summed E-state index contributed by atoms with van der Waals surface area (Å²) in [6.45, 7) is 1.93. The summed E-state index contributed by atoms with van der Waals surface area (Å²) in [5.41, 5.74) is 2.07. The molecule has 0 aliphatic heterocycles. The van der Waals surface area contributed by atoms with Crippen molar-refractivity contribution in [1.29, 1.82) is 0 Å². The van der Waals surface area contributed by atoms with E-state index in [1.165, 1.54) is 16.3 Å². The van der Waals surface area contributed by atoms with Crippen molar-refractivity contribution in [1.82, 2.24) is 9.55 Å². The number of rotatable bonds is 4. The van der Waals surface area contributed by atoms with Gasteiger partial charge in [0, 0.05) is 7.05 Å². The normalized spacial score (nSPS) is 10.8. The molecule has 1 heterocycles. The molecule has 0 bridgehead atoms. The third-order valence-corrected chi connectivity index (χ3v) is 5.03. The van der Waals surface area contributed by atoms with Gasteiger partial charge in [0.2, 0.25) is 5.91 Å². The van der Waals surface area contributed by atoms with Gasteiger partial charge in [0.25, 0.3) is 5.56 Å². The fourth-order valence-corrected chi connectivity index (χ4v) is 3.33. The molecule has 25 heavy (non-hydrogen) atoms. The minimum absolute atomic E-state index is 0.122. The van der Waals surface area contributed by atoms with Crippen LogP contribution in [-0.2, 0) is 11.8 Å². The zero-order chi connectivity index (χ0) is 18.0. The smallest absolute Gasteiger partial charge is 0.261 e. The maximum absolute atomic E-state index is 12.5. The number of nitrogens with zero attached hydrogens (tertiary/aromatic N) is 2. The quantitative estimate of drug-likeness (QED) is 0.560. The Balaban J connectivity index is 1.78. The number of aromatic nitrogens is 2. The number of benzene rings is 2. The molecule has 0 spiro atoms. The van der Waals surface area contributed by atoms with Gasteiger partial charge >= 0.3 is 0 Å². The lowest BCUT2D eigenvalue weighted by Gasteiger charge is -2.10. The van der Waals surface area contributed by atoms with Crippen LogP contribution in [0.3, 0.4) is 0 Å². The number of hydrogen-bond acceptors (Lipinski definition) is 4. The van der Waals surface area contributed by atoms with Gasteiger partial charge in [0.15, 0.2) is 5.16 Å². The first-order chi connectivity index (χ1) is 12.0. The highest BCUT2D eigenvalue weighted by Crippen LogP contribution is 2.22. The number of amides is 1. The summed E-state index contributed by atoms with van der Waals surface area (Å²) in [7, 11) is 1.66. The van der Waals surface area contributed by atoms with Crippen LogP contribution in [0.25, 0.3) is 10.9 Å². The predicted molar refractivity (Wildman–Crippen MR) is 103 cm³/mol. The van der Waals surface area contributed by atoms with Gasteiger partial charge in [-0.25, -0.2) is 4.98 Å². The molecule has 128 valence electrons. The molecule has 3 rings (SSSR count). The first kappa shape index (κ1) is 17.5. The van der Waals surface area contributed by atoms with Crippen LogP contribution >= 0.6 is 23.4 Å². The molecule has 7 heteroatoms. The molecule has 1 aromatic heterocycles. The standard InChI is InChI=1S/C18H16ClN3O2S/c1-11-7-8-14-12(9-11)17(24)22(2)18(21-14)25-10-16(23)20-15-6-4-3-5-13(15)19/h3-9H,10H2,1-2H3,(H,20,23). The molecule has 0 atom stereocenters. The number of thioether (sulfide) groups is 1. The second kappa shape index (κ2) is 7.29. The Bertz CT molecular complexity index is 1020. The Labute approximate surface area is 154 Å². The zero-order valence-corrected chi connectivity index (χ0v) is 15.3. The van der Waals surface area contributed by atoms with E-state index in [-0.39, 0.29) is 17.2 Å². The van der Waals surface area contributed by atoms with Crippen LogP contribution in [-0.4, -0.2) is 21.2 Å². The molecule has 0 aliphatic rings. The summed E-state index contributed by atoms with van der Waals surface area (Å²) in [4.78, 5) is 29.1. The Kier molecular flexibility index (Phi) is 5.11. The predicted octanol–water partition coefficient (Wildman–Crippen LogP) is 3.63. The minimum atomic E-state index is -0.212. The van der Waals surface area contributed by atoms with Crippen molar-refractivity contribution in [3.05, 3.63) is 63.4 Å². The zero-order valence-electron chi connectivity index (χ0n) is 13.7. The number of fused-ring (bicyclic) bond motifs is 1. The first-order valence-corrected chi connectivity index (χ1v) is 8.96. The number of halogens is 1. The van der Waals surface area contributed by atoms with Gasteiger partial charge in [-0.2, -0.15) is 0 Å². The van der Waals surface area contributed by atoms with Crippen molar-refractivity contribution >= 4 is 45.9 Å². The van der Waals surface area contributed by atoms with Crippen molar-refractivity contribution in [3.63, 3.8) is 0 Å². The number of nitrogens with one attached hydrogen (secondary N) is 1. The van der Waals surface area contributed by atoms with Gasteiger partial charge < -0.3 is 5.32 Å². The lowest BCUT2D eigenvalue weighted by molar-refractivity contribution is -0.113. The molecule has 1 amide bonds. The van der Waals surface area contributed by atoms with Crippen LogP contribution in [0.15, 0.2) is 52.4 Å². The second-order valence-electron chi connectivity index (χ2n) is 5.60. The number of anilines is 1. The summed E-state index contributed by atoms with van der Waals surface area (Å²) in [6, 6.07) is 12.6. The van der Waals surface area contributed by atoms with E-state index >= 15 is 0 Å². The van der Waals surface area contributed by atoms with E-state index in [9.17, 15) is 9.59 Å². The summed E-state index contributed by atoms with van der Waals surface area (Å²) < 4.78 is 1.47. The molecule has 0 fully saturated rings. The van der Waals surface area contributed by atoms with Crippen molar-refractivity contribution in [2.24, 2.45) is 7.05 Å². The fraction of sp³-hybridized carbons (Fsp3) is 0.167. The van der Waals surface area contributed by atoms with Crippen LogP contribution < -0.4 is 10.9 Å². The molecule has 0 saturated carbocycles. The van der Waals surface area contributed by atoms with Gasteiger partial charge in [0.1, 0.15) is 0 Å². The third kappa shape index (κ3) is 3.86. The highest BCUT2D eigenvalue weighted by atomic mass is 35.5. The summed E-state index contributed by atoms with van der Waals surface area (Å²) in [5.74, 6) is -0.0839. The van der Waals surface area contributed by atoms with Crippen molar-refractivity contribution in [2.45, 2.75) is 12.1 Å². The Hall–Kier alpha value is -2.31. The number of aryl methyl sites for hydroxylation is 1. The number of carbonyl (C=O) groups excluding carboxylic acids is 1. The Morgan fingerprint density at radius 3 is 2.80 bits per heavy atom. The Morgan fingerprint density at radius 1 is 1.28 bits per heavy atom. The molecule has 0 unspecified atom stereocenters. The molecule has 0 saturated heterocycles. The van der Waals surface area contributed by atoms with Crippen LogP contribution in [0.4, 0.5) is 5.69 Å². The highest BCUT2D eigenvalue weighted by Gasteiger charge is 2.12. The van der Waals surface area contributed by atoms with Gasteiger partial charge in [-0.05, 0) is 31.2 Å². The maximum atomic E-state index is 12.5. The van der Waals surface area contributed by atoms with Crippen LogP contribution in [0.2, 0.25) is 5.02 Å². The van der Waals surface area contributed by atoms with Crippen molar-refractivity contribution in [2.75, 3.05) is 11.1 Å². The molecule has 5 nitrogen and oxygen atoms in total. The number of carbonyl (C=O) groups is 1. The van der Waals surface area contributed by atoms with Crippen molar-refractivity contribution in [3.8, 4) is 0 Å². The average Bonchev–Trinajstić information content (AvgIpc) is 2.59. The highest BCUT2D eigenvalue weighted by molar-refractivity contribution is 7.99. The Morgan fingerprint density at radius 2 is 2.04 bits per heavy atom. The van der Waals surface area contributed by atoms with Gasteiger partial charge in [-0.3, -0.25) is 14.2 Å². The average molecular weight is 374 g/mol. The SMILES string of the molecule is Cc1ccc2nc(SCC(=O)Nc3ccccc3Cl)n(C)c(=O)c2c1. The molecule has 3 aromatic rings. The topological polar surface area (TPSA) is 64.0 Å². The van der Waals surface area contributed by atoms with E-state index in [1.54, 1.807) is 31.3 Å². The van der Waals surface area contributed by atoms with Gasteiger partial charge in [-0.15, -0.1) is 0 Å². The van der Waals surface area contributed by atoms with E-state index in [4.69, 9.17) is 11.6 Å². The summed E-state index contributed by atoms with van der Waals surface area (Å²) >= 11 is 7.24. The van der Waals surface area contributed by atoms with E-state index in [2.05, 4.69) is 10.3 Å². The van der Waals surface area contributed by atoms with E-state index in [1.807, 2.05) is 25.1 Å². The fourth-order valence-electron chi connectivity index (χ4n) is 2.37. The third-order valence-electron chi connectivity index (χ3n) is 3.67. The van der Waals surface area contributed by atoms with Crippen LogP contribution in [0, 0.1) is 6.92 Å². The van der Waals surface area contributed by atoms with Crippen LogP contribution in [0.1, 0.15) is 5.56 Å². The minimum Gasteiger partial charge on any atom is -0.324 e. The van der Waals surface area contributed by atoms with Gasteiger partial charge in [-0.1, -0.05) is 47.1 Å². The van der Waals surface area contributed by atoms with Gasteiger partial charge in [0.05, 0.1) is 27.4 Å². The lowest BCUT2D eigenvalue weighted by atomic mass is 10.2. The molecule has 2 aromatic carbocycles. The first-order valence-electron chi connectivity index (χ1n) is 7.60. The summed E-state index contributed by atoms with van der Waals surface area (Å²) in [5, 5.41) is 4.30. The molecule has 1 N–H and O–H groups in total. The second-order valence-corrected chi connectivity index (χ2v) is 6.95. The molecule has 0 radical (unpaired) electrons. The van der Waals surface area contributed by atoms with E-state index < -0.39 is 0 Å². The maximum Gasteiger partial charge on any atom is 0.261 e. The van der Waals surface area contributed by atoms with Crippen molar-refractivity contribution < 1.29 is 4.79 Å². The molecule has 0 aliphatic carbocycles. The number of hydrogen-bond donors (Lipinski definition) is 1. The van der Waals surface area contributed by atoms with E-state index in [0.29, 0.717) is 26.8 Å². The molecular weight excluding hydrogens is 358 g/mol. The monoisotopic (exact) mass is 373 g/mol. The summed E-state index contributed by atoms with van der Waals surface area (Å²) in [6.07, 6.45) is 0. The molecular formula is C18H16ClN3O2S. The number of para-hydroxylation sites is 1.